The molecule has 142 valence electrons. The zero-order valence-corrected chi connectivity index (χ0v) is 16.0. The third kappa shape index (κ3) is 4.29. The lowest BCUT2D eigenvalue weighted by atomic mass is 9.95. The summed E-state index contributed by atoms with van der Waals surface area (Å²) in [7, 11) is 0. The number of aryl methyl sites for hydroxylation is 1. The molecular formula is C22H28N4O. The summed E-state index contributed by atoms with van der Waals surface area (Å²) in [5.41, 5.74) is 3.41. The third-order valence-corrected chi connectivity index (χ3v) is 5.84. The summed E-state index contributed by atoms with van der Waals surface area (Å²) < 4.78 is 0. The number of carbonyl (C=O) groups is 1. The van der Waals surface area contributed by atoms with E-state index in [9.17, 15) is 4.79 Å². The fraction of sp³-hybridized carbons (Fsp3) is 0.500. The number of aromatic nitrogens is 2. The van der Waals surface area contributed by atoms with Gasteiger partial charge in [0.1, 0.15) is 0 Å². The van der Waals surface area contributed by atoms with Crippen LogP contribution in [-0.2, 0) is 4.79 Å². The molecule has 0 radical (unpaired) electrons. The molecule has 1 aliphatic heterocycles. The molecular weight excluding hydrogens is 336 g/mol. The second-order valence-corrected chi connectivity index (χ2v) is 7.89. The van der Waals surface area contributed by atoms with Gasteiger partial charge in [0, 0.05) is 43.0 Å². The maximum absolute atomic E-state index is 12.5. The maximum atomic E-state index is 12.5. The molecule has 2 aliphatic rings. The first-order valence-corrected chi connectivity index (χ1v) is 10.1. The number of nitrogens with zero attached hydrogens (tertiary/aromatic N) is 3. The summed E-state index contributed by atoms with van der Waals surface area (Å²) in [5, 5.41) is 3.24. The van der Waals surface area contributed by atoms with Gasteiger partial charge in [0.25, 0.3) is 0 Å². The van der Waals surface area contributed by atoms with E-state index in [1.165, 1.54) is 18.4 Å². The van der Waals surface area contributed by atoms with Gasteiger partial charge in [-0.15, -0.1) is 0 Å². The number of piperidine rings is 1. The molecule has 0 unspecified atom stereocenters. The highest BCUT2D eigenvalue weighted by molar-refractivity contribution is 5.79. The van der Waals surface area contributed by atoms with E-state index in [1.807, 2.05) is 12.4 Å². The van der Waals surface area contributed by atoms with Gasteiger partial charge in [0.05, 0.1) is 0 Å². The first kappa shape index (κ1) is 18.0. The zero-order chi connectivity index (χ0) is 18.6. The molecule has 1 amide bonds. The van der Waals surface area contributed by atoms with Crippen LogP contribution in [-0.4, -0.2) is 35.0 Å². The van der Waals surface area contributed by atoms with E-state index in [0.717, 1.165) is 55.8 Å². The molecule has 2 fully saturated rings. The van der Waals surface area contributed by atoms with Crippen molar-refractivity contribution in [2.45, 2.75) is 51.5 Å². The number of hydrogen-bond acceptors (Lipinski definition) is 4. The molecule has 2 aromatic rings. The number of benzene rings is 1. The lowest BCUT2D eigenvalue weighted by Gasteiger charge is -2.31. The molecule has 2 heterocycles. The molecule has 1 aliphatic carbocycles. The summed E-state index contributed by atoms with van der Waals surface area (Å²) in [5.74, 6) is 1.15. The molecule has 1 aromatic carbocycles. The highest BCUT2D eigenvalue weighted by Crippen LogP contribution is 2.24. The van der Waals surface area contributed by atoms with Gasteiger partial charge >= 0.3 is 0 Å². The lowest BCUT2D eigenvalue weighted by molar-refractivity contribution is -0.126. The van der Waals surface area contributed by atoms with Gasteiger partial charge in [-0.3, -0.25) is 4.79 Å². The van der Waals surface area contributed by atoms with Gasteiger partial charge < -0.3 is 10.2 Å². The summed E-state index contributed by atoms with van der Waals surface area (Å²) in [6, 6.07) is 8.78. The standard InChI is InChI=1S/C22H28N4O/c1-16-5-4-6-18(13-16)19-14-23-22(24-15-19)26-11-9-17(10-12-26)21(27)25-20-7-2-3-8-20/h4-6,13-15,17,20H,2-3,7-12H2,1H3,(H,25,27). The quantitative estimate of drug-likeness (QED) is 0.898. The van der Waals surface area contributed by atoms with Crippen molar-refractivity contribution in [2.75, 3.05) is 18.0 Å². The van der Waals surface area contributed by atoms with Crippen LogP contribution in [0.2, 0.25) is 0 Å². The monoisotopic (exact) mass is 364 g/mol. The Balaban J connectivity index is 1.33. The van der Waals surface area contributed by atoms with Crippen LogP contribution in [0.25, 0.3) is 11.1 Å². The fourth-order valence-electron chi connectivity index (χ4n) is 4.19. The Morgan fingerprint density at radius 1 is 1.04 bits per heavy atom. The van der Waals surface area contributed by atoms with Crippen LogP contribution >= 0.6 is 0 Å². The second-order valence-electron chi connectivity index (χ2n) is 7.89. The Hall–Kier alpha value is -2.43. The second kappa shape index (κ2) is 8.07. The summed E-state index contributed by atoms with van der Waals surface area (Å²) in [4.78, 5) is 23.8. The summed E-state index contributed by atoms with van der Waals surface area (Å²) in [6.45, 7) is 3.77. The van der Waals surface area contributed by atoms with Gasteiger partial charge in [0.15, 0.2) is 0 Å². The minimum Gasteiger partial charge on any atom is -0.353 e. The van der Waals surface area contributed by atoms with E-state index < -0.39 is 0 Å². The molecule has 0 atom stereocenters. The Bertz CT molecular complexity index is 775. The first-order chi connectivity index (χ1) is 13.2. The average Bonchev–Trinajstić information content (AvgIpc) is 3.21. The fourth-order valence-corrected chi connectivity index (χ4v) is 4.19. The molecule has 1 N–H and O–H groups in total. The van der Waals surface area contributed by atoms with E-state index >= 15 is 0 Å². The summed E-state index contributed by atoms with van der Waals surface area (Å²) in [6.07, 6.45) is 10.3. The number of anilines is 1. The van der Waals surface area contributed by atoms with Crippen molar-refractivity contribution in [1.29, 1.82) is 0 Å². The number of nitrogens with one attached hydrogen (secondary N) is 1. The van der Waals surface area contributed by atoms with E-state index in [1.54, 1.807) is 0 Å². The Morgan fingerprint density at radius 2 is 1.74 bits per heavy atom. The van der Waals surface area contributed by atoms with Crippen molar-refractivity contribution < 1.29 is 4.79 Å². The van der Waals surface area contributed by atoms with E-state index in [0.29, 0.717) is 6.04 Å². The highest BCUT2D eigenvalue weighted by atomic mass is 16.1. The zero-order valence-electron chi connectivity index (χ0n) is 16.0. The number of hydrogen-bond donors (Lipinski definition) is 1. The Morgan fingerprint density at radius 3 is 2.41 bits per heavy atom. The molecule has 1 saturated heterocycles. The van der Waals surface area contributed by atoms with Crippen LogP contribution in [0.5, 0.6) is 0 Å². The van der Waals surface area contributed by atoms with Crippen LogP contribution < -0.4 is 10.2 Å². The minimum absolute atomic E-state index is 0.133. The number of amides is 1. The molecule has 5 heteroatoms. The molecule has 0 bridgehead atoms. The first-order valence-electron chi connectivity index (χ1n) is 10.1. The highest BCUT2D eigenvalue weighted by Gasteiger charge is 2.28. The Labute approximate surface area is 161 Å². The maximum Gasteiger partial charge on any atom is 0.225 e. The predicted molar refractivity (Wildman–Crippen MR) is 108 cm³/mol. The van der Waals surface area contributed by atoms with Crippen LogP contribution in [0, 0.1) is 12.8 Å². The smallest absolute Gasteiger partial charge is 0.225 e. The van der Waals surface area contributed by atoms with Crippen molar-refractivity contribution in [3.05, 3.63) is 42.2 Å². The Kier molecular flexibility index (Phi) is 5.37. The van der Waals surface area contributed by atoms with E-state index in [2.05, 4.69) is 51.4 Å². The van der Waals surface area contributed by atoms with Gasteiger partial charge in [-0.25, -0.2) is 9.97 Å². The predicted octanol–water partition coefficient (Wildman–Crippen LogP) is 3.73. The third-order valence-electron chi connectivity index (χ3n) is 5.84. The van der Waals surface area contributed by atoms with Gasteiger partial charge in [-0.2, -0.15) is 0 Å². The SMILES string of the molecule is Cc1cccc(-c2cnc(N3CCC(C(=O)NC4CCCC4)CC3)nc2)c1. The topological polar surface area (TPSA) is 58.1 Å². The summed E-state index contributed by atoms with van der Waals surface area (Å²) >= 11 is 0. The molecule has 0 spiro atoms. The molecule has 1 aromatic heterocycles. The van der Waals surface area contributed by atoms with Crippen molar-refractivity contribution in [3.63, 3.8) is 0 Å². The van der Waals surface area contributed by atoms with Crippen LogP contribution in [0.3, 0.4) is 0 Å². The van der Waals surface area contributed by atoms with Crippen LogP contribution in [0.4, 0.5) is 5.95 Å². The normalized spacial score (nSPS) is 18.6. The van der Waals surface area contributed by atoms with Crippen molar-refractivity contribution in [3.8, 4) is 11.1 Å². The van der Waals surface area contributed by atoms with Gasteiger partial charge in [-0.1, -0.05) is 42.7 Å². The number of rotatable bonds is 4. The average molecular weight is 364 g/mol. The lowest BCUT2D eigenvalue weighted by Crippen LogP contribution is -2.43. The van der Waals surface area contributed by atoms with E-state index in [-0.39, 0.29) is 11.8 Å². The van der Waals surface area contributed by atoms with Gasteiger partial charge in [0.2, 0.25) is 11.9 Å². The number of carbonyl (C=O) groups excluding carboxylic acids is 1. The largest absolute Gasteiger partial charge is 0.353 e. The van der Waals surface area contributed by atoms with Crippen molar-refractivity contribution >= 4 is 11.9 Å². The van der Waals surface area contributed by atoms with Crippen LogP contribution in [0.1, 0.15) is 44.1 Å². The van der Waals surface area contributed by atoms with E-state index in [4.69, 9.17) is 0 Å². The molecule has 5 nitrogen and oxygen atoms in total. The van der Waals surface area contributed by atoms with Crippen molar-refractivity contribution in [2.24, 2.45) is 5.92 Å². The minimum atomic E-state index is 0.133. The molecule has 27 heavy (non-hydrogen) atoms. The van der Waals surface area contributed by atoms with Gasteiger partial charge in [-0.05, 0) is 38.2 Å². The molecule has 1 saturated carbocycles. The van der Waals surface area contributed by atoms with Crippen LogP contribution in [0.15, 0.2) is 36.7 Å². The van der Waals surface area contributed by atoms with Crippen molar-refractivity contribution in [1.82, 2.24) is 15.3 Å². The molecule has 4 rings (SSSR count).